The predicted molar refractivity (Wildman–Crippen MR) is 117 cm³/mol. The van der Waals surface area contributed by atoms with Crippen molar-refractivity contribution in [3.8, 4) is 11.8 Å². The Hall–Kier alpha value is -0.440. The molecule has 1 aliphatic rings. The Kier molecular flexibility index (Phi) is 6.11. The molecule has 0 N–H and O–H groups in total. The van der Waals surface area contributed by atoms with Crippen molar-refractivity contribution in [2.45, 2.75) is 32.3 Å². The fraction of sp³-hybridized carbons (Fsp3) is 0.619. The van der Waals surface area contributed by atoms with Gasteiger partial charge in [0.2, 0.25) is 0 Å². The van der Waals surface area contributed by atoms with Crippen molar-refractivity contribution in [1.29, 1.82) is 0 Å². The van der Waals surface area contributed by atoms with Crippen LogP contribution in [-0.4, -0.2) is 42.7 Å². The highest BCUT2D eigenvalue weighted by Gasteiger charge is 2.38. The minimum Gasteiger partial charge on any atom is -0.285 e. The monoisotopic (exact) mass is 352 g/mol. The Balaban J connectivity index is 2.90. The van der Waals surface area contributed by atoms with Crippen molar-refractivity contribution in [2.75, 3.05) is 37.0 Å². The summed E-state index contributed by atoms with van der Waals surface area (Å²) in [4.78, 5) is 0. The van der Waals surface area contributed by atoms with Gasteiger partial charge < -0.3 is 0 Å². The third-order valence-electron chi connectivity index (χ3n) is 3.64. The van der Waals surface area contributed by atoms with E-state index in [1.54, 1.807) is 0 Å². The molecule has 0 nitrogen and oxygen atoms in total. The Morgan fingerprint density at radius 2 is 1.83 bits per heavy atom. The lowest BCUT2D eigenvalue weighted by molar-refractivity contribution is 0.595. The fourth-order valence-electron chi connectivity index (χ4n) is 2.75. The van der Waals surface area contributed by atoms with E-state index in [1.807, 2.05) is 0 Å². The molecule has 0 aromatic heterocycles. The molecule has 0 fully saturated rings. The number of hydrogen-bond acceptors (Lipinski definition) is 0. The average Bonchev–Trinajstić information content (AvgIpc) is 2.32. The second-order valence-corrected chi connectivity index (χ2v) is 22.7. The highest BCUT2D eigenvalue weighted by molar-refractivity contribution is 8.62. The number of hydrogen-bond donors (Lipinski definition) is 0. The summed E-state index contributed by atoms with van der Waals surface area (Å²) in [5.74, 6) is 9.13. The predicted octanol–water partition coefficient (Wildman–Crippen LogP) is 5.36. The standard InChI is InChI=1S/C21H37PS/c1-18(2)16-21(22)20-14-10-8-12-19(13-9-11-15-20)17-23(3,4,5,6)7/h8,10,12,14-15,18-19,21H,11,16-17,22H2,1-7H3/b12-8-,14-10?,20-15+. The molecule has 132 valence electrons. The van der Waals surface area contributed by atoms with Crippen molar-refractivity contribution >= 4 is 17.5 Å². The molecule has 0 bridgehead atoms. The van der Waals surface area contributed by atoms with Crippen LogP contribution in [0.4, 0.5) is 0 Å². The molecule has 0 radical (unpaired) electrons. The van der Waals surface area contributed by atoms with E-state index in [0.29, 0.717) is 17.5 Å². The lowest BCUT2D eigenvalue weighted by Crippen LogP contribution is -2.35. The smallest absolute Gasteiger partial charge is 0.0449 e. The van der Waals surface area contributed by atoms with Crippen molar-refractivity contribution in [3.05, 3.63) is 36.0 Å². The maximum atomic E-state index is 3.50. The van der Waals surface area contributed by atoms with Gasteiger partial charge in [-0.15, -0.1) is 9.24 Å². The van der Waals surface area contributed by atoms with Gasteiger partial charge in [0, 0.05) is 12.3 Å². The molecule has 0 spiro atoms. The first-order valence-electron chi connectivity index (χ1n) is 8.54. The number of rotatable bonds is 5. The molecule has 0 aliphatic heterocycles. The van der Waals surface area contributed by atoms with E-state index in [4.69, 9.17) is 0 Å². The molecule has 1 rings (SSSR count). The minimum absolute atomic E-state index is 0.355. The van der Waals surface area contributed by atoms with Crippen LogP contribution in [0.5, 0.6) is 0 Å². The van der Waals surface area contributed by atoms with Crippen LogP contribution in [-0.2, 0) is 0 Å². The zero-order valence-electron chi connectivity index (χ0n) is 16.2. The summed E-state index contributed by atoms with van der Waals surface area (Å²) >= 11 is 0. The summed E-state index contributed by atoms with van der Waals surface area (Å²) < 4.78 is 0. The van der Waals surface area contributed by atoms with Gasteiger partial charge in [0.15, 0.2) is 0 Å². The van der Waals surface area contributed by atoms with Gasteiger partial charge in [0.1, 0.15) is 0 Å². The molecule has 3 atom stereocenters. The molecule has 0 aromatic carbocycles. The summed E-state index contributed by atoms with van der Waals surface area (Å²) in [6.07, 6.45) is 25.5. The zero-order valence-corrected chi connectivity index (χ0v) is 18.2. The molecule has 0 heterocycles. The second kappa shape index (κ2) is 6.82. The summed E-state index contributed by atoms with van der Waals surface area (Å²) in [7, 11) is 1.03. The minimum atomic E-state index is -1.96. The normalized spacial score (nSPS) is 27.0. The third-order valence-corrected chi connectivity index (χ3v) is 6.32. The molecule has 1 aliphatic carbocycles. The van der Waals surface area contributed by atoms with E-state index >= 15 is 0 Å². The van der Waals surface area contributed by atoms with E-state index in [-0.39, 0.29) is 0 Å². The Labute approximate surface area is 146 Å². The first-order valence-corrected chi connectivity index (χ1v) is 13.9. The van der Waals surface area contributed by atoms with E-state index in [0.717, 1.165) is 12.2 Å². The summed E-state index contributed by atoms with van der Waals surface area (Å²) in [5, 5.41) is 0. The maximum Gasteiger partial charge on any atom is 0.0449 e. The van der Waals surface area contributed by atoms with Crippen LogP contribution in [0.1, 0.15) is 26.7 Å². The van der Waals surface area contributed by atoms with Crippen LogP contribution < -0.4 is 0 Å². The highest BCUT2D eigenvalue weighted by Crippen LogP contribution is 2.75. The van der Waals surface area contributed by atoms with Gasteiger partial charge in [-0.25, -0.2) is 0 Å². The zero-order chi connectivity index (χ0) is 17.8. The molecule has 0 saturated heterocycles. The largest absolute Gasteiger partial charge is 0.285 e. The maximum absolute atomic E-state index is 3.50. The van der Waals surface area contributed by atoms with Gasteiger partial charge in [-0.2, -0.15) is 0 Å². The Morgan fingerprint density at radius 3 is 2.39 bits per heavy atom. The van der Waals surface area contributed by atoms with Gasteiger partial charge in [-0.1, -0.05) is 56.1 Å². The van der Waals surface area contributed by atoms with Gasteiger partial charge in [0.25, 0.3) is 0 Å². The van der Waals surface area contributed by atoms with Crippen molar-refractivity contribution in [3.63, 3.8) is 0 Å². The Morgan fingerprint density at radius 1 is 1.17 bits per heavy atom. The van der Waals surface area contributed by atoms with E-state index < -0.39 is 8.29 Å². The quantitative estimate of drug-likeness (QED) is 0.461. The number of allylic oxidation sites excluding steroid dienone is 6. The van der Waals surface area contributed by atoms with E-state index in [2.05, 4.69) is 96.6 Å². The Bertz CT molecular complexity index is 558. The van der Waals surface area contributed by atoms with Crippen LogP contribution in [0.2, 0.25) is 0 Å². The fourth-order valence-corrected chi connectivity index (χ4v) is 5.54. The van der Waals surface area contributed by atoms with Crippen LogP contribution >= 0.6 is 17.5 Å². The van der Waals surface area contributed by atoms with E-state index in [9.17, 15) is 0 Å². The topological polar surface area (TPSA) is 0 Å². The SMILES string of the molecule is CC(C)CC(P)/C1=C/CC#CC(CS(C)(C)(C)(C)C)/C=C\C=C1. The lowest BCUT2D eigenvalue weighted by Gasteiger charge is -2.66. The van der Waals surface area contributed by atoms with Gasteiger partial charge in [0.05, 0.1) is 0 Å². The van der Waals surface area contributed by atoms with Gasteiger partial charge in [-0.05, 0) is 60.6 Å². The molecule has 0 saturated carbocycles. The average molecular weight is 353 g/mol. The molecular weight excluding hydrogens is 315 g/mol. The first kappa shape index (κ1) is 20.6. The van der Waals surface area contributed by atoms with Crippen LogP contribution in [0, 0.1) is 23.7 Å². The summed E-state index contributed by atoms with van der Waals surface area (Å²) in [5.41, 5.74) is 1.92. The second-order valence-electron chi connectivity index (χ2n) is 10.5. The molecular formula is C21H37PS. The molecule has 2 heteroatoms. The van der Waals surface area contributed by atoms with Gasteiger partial charge >= 0.3 is 0 Å². The molecule has 3 unspecified atom stereocenters. The van der Waals surface area contributed by atoms with Crippen molar-refractivity contribution in [1.82, 2.24) is 0 Å². The van der Waals surface area contributed by atoms with Crippen LogP contribution in [0.15, 0.2) is 36.0 Å². The van der Waals surface area contributed by atoms with Gasteiger partial charge in [-0.3, -0.25) is 8.29 Å². The summed E-state index contributed by atoms with van der Waals surface area (Å²) in [6, 6.07) is 0. The molecule has 23 heavy (non-hydrogen) atoms. The van der Waals surface area contributed by atoms with Crippen molar-refractivity contribution < 1.29 is 0 Å². The third kappa shape index (κ3) is 10.1. The van der Waals surface area contributed by atoms with Crippen LogP contribution in [0.3, 0.4) is 0 Å². The summed E-state index contributed by atoms with van der Waals surface area (Å²) in [6.45, 7) is 4.56. The molecule has 0 amide bonds. The van der Waals surface area contributed by atoms with Crippen LogP contribution in [0.25, 0.3) is 0 Å². The lowest BCUT2D eigenvalue weighted by atomic mass is 10.00. The van der Waals surface area contributed by atoms with Crippen molar-refractivity contribution in [2.24, 2.45) is 11.8 Å². The van der Waals surface area contributed by atoms with E-state index in [1.165, 1.54) is 12.0 Å². The first-order chi connectivity index (χ1) is 10.3. The highest BCUT2D eigenvalue weighted by atomic mass is 32.4. The molecule has 0 aromatic rings.